The molecule has 0 unspecified atom stereocenters. The van der Waals surface area contributed by atoms with E-state index in [2.05, 4.69) is 0 Å². The van der Waals surface area contributed by atoms with Crippen LogP contribution in [0, 0.1) is 11.7 Å². The molecule has 0 aromatic heterocycles. The first-order chi connectivity index (χ1) is 12.7. The Bertz CT molecular complexity index is 683. The van der Waals surface area contributed by atoms with E-state index in [0.717, 1.165) is 11.1 Å². The fraction of sp³-hybridized carbons (Fsp3) is 0.524. The maximum Gasteiger partial charge on any atom is 0.410 e. The van der Waals surface area contributed by atoms with Crippen molar-refractivity contribution in [2.45, 2.75) is 46.1 Å². The molecule has 0 radical (unpaired) electrons. The lowest BCUT2D eigenvalue weighted by atomic mass is 9.85. The second kappa shape index (κ2) is 9.02. The minimum Gasteiger partial charge on any atom is -0.463 e. The van der Waals surface area contributed by atoms with Gasteiger partial charge >= 0.3 is 12.1 Å². The Kier molecular flexibility index (Phi) is 6.99. The molecule has 1 amide bonds. The summed E-state index contributed by atoms with van der Waals surface area (Å²) in [6.45, 7) is 8.65. The summed E-state index contributed by atoms with van der Waals surface area (Å²) in [6.07, 6.45) is 2.56. The van der Waals surface area contributed by atoms with Gasteiger partial charge in [-0.2, -0.15) is 0 Å². The lowest BCUT2D eigenvalue weighted by molar-refractivity contribution is -0.137. The summed E-state index contributed by atoms with van der Waals surface area (Å²) in [4.78, 5) is 25.9. The van der Waals surface area contributed by atoms with Crippen molar-refractivity contribution in [3.63, 3.8) is 0 Å². The SMILES string of the molecule is CCOC(=O)C=C(c1ccc(F)cc1)C1CCN(C(=O)OC(C)(C)C)CC1. The number of likely N-dealkylation sites (tertiary alicyclic amines) is 1. The van der Waals surface area contributed by atoms with Crippen molar-refractivity contribution in [1.29, 1.82) is 0 Å². The van der Waals surface area contributed by atoms with Crippen LogP contribution in [0.4, 0.5) is 9.18 Å². The first-order valence-corrected chi connectivity index (χ1v) is 9.32. The van der Waals surface area contributed by atoms with E-state index in [1.165, 1.54) is 18.2 Å². The van der Waals surface area contributed by atoms with Gasteiger partial charge in [0.25, 0.3) is 0 Å². The van der Waals surface area contributed by atoms with Crippen molar-refractivity contribution in [2.75, 3.05) is 19.7 Å². The summed E-state index contributed by atoms with van der Waals surface area (Å²) in [5.41, 5.74) is 1.08. The average Bonchev–Trinajstić information content (AvgIpc) is 2.59. The molecule has 27 heavy (non-hydrogen) atoms. The van der Waals surface area contributed by atoms with E-state index in [-0.39, 0.29) is 17.8 Å². The van der Waals surface area contributed by atoms with Crippen LogP contribution in [0.2, 0.25) is 0 Å². The van der Waals surface area contributed by atoms with E-state index in [4.69, 9.17) is 9.47 Å². The van der Waals surface area contributed by atoms with Crippen LogP contribution in [-0.2, 0) is 14.3 Å². The Balaban J connectivity index is 2.13. The van der Waals surface area contributed by atoms with E-state index in [0.29, 0.717) is 32.5 Å². The number of halogens is 1. The fourth-order valence-electron chi connectivity index (χ4n) is 3.09. The molecular formula is C21H28FNO4. The lowest BCUT2D eigenvalue weighted by Gasteiger charge is -2.34. The first kappa shape index (κ1) is 20.9. The quantitative estimate of drug-likeness (QED) is 0.576. The Labute approximate surface area is 160 Å². The number of nitrogens with zero attached hydrogens (tertiary/aromatic N) is 1. The van der Waals surface area contributed by atoms with Crippen molar-refractivity contribution >= 4 is 17.6 Å². The molecule has 0 N–H and O–H groups in total. The van der Waals surface area contributed by atoms with Gasteiger partial charge in [-0.15, -0.1) is 0 Å². The number of rotatable bonds is 4. The minimum atomic E-state index is -0.531. The van der Waals surface area contributed by atoms with Crippen molar-refractivity contribution in [3.8, 4) is 0 Å². The molecule has 0 aliphatic carbocycles. The Hall–Kier alpha value is -2.37. The average molecular weight is 377 g/mol. The largest absolute Gasteiger partial charge is 0.463 e. The minimum absolute atomic E-state index is 0.0820. The van der Waals surface area contributed by atoms with E-state index in [1.807, 2.05) is 20.8 Å². The normalized spacial score (nSPS) is 16.2. The van der Waals surface area contributed by atoms with Gasteiger partial charge in [0.1, 0.15) is 11.4 Å². The van der Waals surface area contributed by atoms with Gasteiger partial charge < -0.3 is 14.4 Å². The molecule has 2 rings (SSSR count). The third kappa shape index (κ3) is 6.38. The van der Waals surface area contributed by atoms with Gasteiger partial charge in [0.05, 0.1) is 6.61 Å². The molecule has 1 fully saturated rings. The van der Waals surface area contributed by atoms with Crippen molar-refractivity contribution in [3.05, 3.63) is 41.7 Å². The monoisotopic (exact) mass is 377 g/mol. The number of allylic oxidation sites excluding steroid dienone is 1. The van der Waals surface area contributed by atoms with Crippen molar-refractivity contribution in [1.82, 2.24) is 4.90 Å². The third-order valence-electron chi connectivity index (χ3n) is 4.32. The van der Waals surface area contributed by atoms with Gasteiger partial charge in [-0.25, -0.2) is 14.0 Å². The maximum absolute atomic E-state index is 13.3. The zero-order chi connectivity index (χ0) is 20.0. The molecule has 0 saturated carbocycles. The van der Waals surface area contributed by atoms with Gasteiger partial charge in [-0.05, 0) is 69.7 Å². The molecule has 1 aliphatic rings. The van der Waals surface area contributed by atoms with Crippen LogP contribution in [0.15, 0.2) is 30.3 Å². The highest BCUT2D eigenvalue weighted by atomic mass is 19.1. The molecule has 0 atom stereocenters. The van der Waals surface area contributed by atoms with E-state index in [9.17, 15) is 14.0 Å². The molecule has 148 valence electrons. The Morgan fingerprint density at radius 2 is 1.78 bits per heavy atom. The number of carbonyl (C=O) groups excluding carboxylic acids is 2. The van der Waals surface area contributed by atoms with Crippen LogP contribution in [-0.4, -0.2) is 42.3 Å². The summed E-state index contributed by atoms with van der Waals surface area (Å²) < 4.78 is 23.8. The molecule has 1 aliphatic heterocycles. The second-order valence-corrected chi connectivity index (χ2v) is 7.60. The molecule has 1 aromatic carbocycles. The summed E-state index contributed by atoms with van der Waals surface area (Å²) >= 11 is 0. The van der Waals surface area contributed by atoms with Crippen LogP contribution in [0.1, 0.15) is 46.1 Å². The fourth-order valence-corrected chi connectivity index (χ4v) is 3.09. The molecule has 6 heteroatoms. The summed E-state index contributed by atoms with van der Waals surface area (Å²) in [7, 11) is 0. The topological polar surface area (TPSA) is 55.8 Å². The zero-order valence-electron chi connectivity index (χ0n) is 16.5. The maximum atomic E-state index is 13.3. The number of ether oxygens (including phenoxy) is 2. The summed E-state index contributed by atoms with van der Waals surface area (Å²) in [5, 5.41) is 0. The van der Waals surface area contributed by atoms with Crippen LogP contribution < -0.4 is 0 Å². The second-order valence-electron chi connectivity index (χ2n) is 7.60. The molecule has 1 heterocycles. The van der Waals surface area contributed by atoms with Gasteiger partial charge in [0.2, 0.25) is 0 Å². The van der Waals surface area contributed by atoms with Crippen molar-refractivity contribution in [2.24, 2.45) is 5.92 Å². The van der Waals surface area contributed by atoms with Crippen LogP contribution in [0.5, 0.6) is 0 Å². The number of esters is 1. The molecule has 5 nitrogen and oxygen atoms in total. The van der Waals surface area contributed by atoms with Crippen LogP contribution >= 0.6 is 0 Å². The molecular weight excluding hydrogens is 349 g/mol. The van der Waals surface area contributed by atoms with Gasteiger partial charge in [0.15, 0.2) is 0 Å². The predicted molar refractivity (Wildman–Crippen MR) is 102 cm³/mol. The number of piperidine rings is 1. The number of carbonyl (C=O) groups is 2. The Morgan fingerprint density at radius 3 is 2.30 bits per heavy atom. The number of hydrogen-bond acceptors (Lipinski definition) is 4. The first-order valence-electron chi connectivity index (χ1n) is 9.32. The van der Waals surface area contributed by atoms with Gasteiger partial charge in [-0.3, -0.25) is 0 Å². The lowest BCUT2D eigenvalue weighted by Crippen LogP contribution is -2.41. The van der Waals surface area contributed by atoms with Crippen molar-refractivity contribution < 1.29 is 23.5 Å². The van der Waals surface area contributed by atoms with Crippen LogP contribution in [0.3, 0.4) is 0 Å². The van der Waals surface area contributed by atoms with E-state index < -0.39 is 11.6 Å². The summed E-state index contributed by atoms with van der Waals surface area (Å²) in [6, 6.07) is 6.09. The Morgan fingerprint density at radius 1 is 1.19 bits per heavy atom. The van der Waals surface area contributed by atoms with Gasteiger partial charge in [-0.1, -0.05) is 12.1 Å². The third-order valence-corrected chi connectivity index (χ3v) is 4.32. The predicted octanol–water partition coefficient (Wildman–Crippen LogP) is 4.42. The molecule has 1 saturated heterocycles. The highest BCUT2D eigenvalue weighted by Gasteiger charge is 2.29. The highest BCUT2D eigenvalue weighted by Crippen LogP contribution is 2.32. The van der Waals surface area contributed by atoms with Crippen LogP contribution in [0.25, 0.3) is 5.57 Å². The molecule has 0 spiro atoms. The number of amides is 1. The van der Waals surface area contributed by atoms with E-state index in [1.54, 1.807) is 24.0 Å². The highest BCUT2D eigenvalue weighted by molar-refractivity contribution is 5.92. The van der Waals surface area contributed by atoms with Gasteiger partial charge in [0, 0.05) is 19.2 Å². The summed E-state index contributed by atoms with van der Waals surface area (Å²) in [5.74, 6) is -0.654. The number of benzene rings is 1. The standard InChI is InChI=1S/C21H28FNO4/c1-5-26-19(24)14-18(15-6-8-17(22)9-7-15)16-10-12-23(13-11-16)20(25)27-21(2,3)4/h6-9,14,16H,5,10-13H2,1-4H3. The van der Waals surface area contributed by atoms with E-state index >= 15 is 0 Å². The molecule has 1 aromatic rings. The smallest absolute Gasteiger partial charge is 0.410 e. The molecule has 0 bridgehead atoms. The zero-order valence-corrected chi connectivity index (χ0v) is 16.5. The number of hydrogen-bond donors (Lipinski definition) is 0.